The molecule has 1 rings (SSSR count). The fourth-order valence-electron chi connectivity index (χ4n) is 1.27. The first-order chi connectivity index (χ1) is 10.2. The SMILES string of the molecule is N#C/C=C/S(=O)(=O)Nc1ccc(S(=O)(=O)/C=C/C(N)=O)cc1. The highest BCUT2D eigenvalue weighted by Gasteiger charge is 2.11. The first kappa shape index (κ1) is 17.4. The van der Waals surface area contributed by atoms with Gasteiger partial charge in [-0.3, -0.25) is 9.52 Å². The number of hydrogen-bond acceptors (Lipinski definition) is 6. The Bertz CT molecular complexity index is 860. The Hall–Kier alpha value is -2.64. The molecule has 0 heterocycles. The Morgan fingerprint density at radius 3 is 2.23 bits per heavy atom. The Morgan fingerprint density at radius 2 is 1.73 bits per heavy atom. The summed E-state index contributed by atoms with van der Waals surface area (Å²) >= 11 is 0. The number of sulfonamides is 1. The molecule has 1 aromatic carbocycles. The van der Waals surface area contributed by atoms with E-state index in [1.807, 2.05) is 0 Å². The molecule has 0 aliphatic rings. The molecule has 116 valence electrons. The summed E-state index contributed by atoms with van der Waals surface area (Å²) in [4.78, 5) is 10.4. The van der Waals surface area contributed by atoms with Gasteiger partial charge < -0.3 is 5.73 Å². The molecule has 10 heteroatoms. The number of rotatable bonds is 6. The Labute approximate surface area is 127 Å². The zero-order valence-corrected chi connectivity index (χ0v) is 12.6. The van der Waals surface area contributed by atoms with Gasteiger partial charge in [0, 0.05) is 23.2 Å². The molecule has 0 bridgehead atoms. The molecule has 8 nitrogen and oxygen atoms in total. The van der Waals surface area contributed by atoms with Gasteiger partial charge in [-0.15, -0.1) is 0 Å². The van der Waals surface area contributed by atoms with Gasteiger partial charge in [0.25, 0.3) is 10.0 Å². The van der Waals surface area contributed by atoms with Crippen LogP contribution in [0.15, 0.2) is 52.1 Å². The number of primary amides is 1. The number of nitriles is 1. The highest BCUT2D eigenvalue weighted by molar-refractivity contribution is 7.95. The van der Waals surface area contributed by atoms with Crippen LogP contribution in [-0.2, 0) is 24.7 Å². The summed E-state index contributed by atoms with van der Waals surface area (Å²) in [6, 6.07) is 6.31. The molecular formula is C12H11N3O5S2. The molecule has 0 unspecified atom stereocenters. The minimum Gasteiger partial charge on any atom is -0.366 e. The lowest BCUT2D eigenvalue weighted by molar-refractivity contribution is -0.113. The van der Waals surface area contributed by atoms with Crippen LogP contribution >= 0.6 is 0 Å². The number of hydrogen-bond donors (Lipinski definition) is 2. The van der Waals surface area contributed by atoms with Crippen molar-refractivity contribution in [3.8, 4) is 6.07 Å². The Kier molecular flexibility index (Phi) is 5.44. The van der Waals surface area contributed by atoms with Crippen molar-refractivity contribution in [1.82, 2.24) is 0 Å². The van der Waals surface area contributed by atoms with Crippen molar-refractivity contribution >= 4 is 31.5 Å². The quantitative estimate of drug-likeness (QED) is 0.559. The summed E-state index contributed by atoms with van der Waals surface area (Å²) in [6.45, 7) is 0. The van der Waals surface area contributed by atoms with E-state index in [2.05, 4.69) is 4.72 Å². The van der Waals surface area contributed by atoms with Crippen molar-refractivity contribution in [2.24, 2.45) is 5.73 Å². The third-order valence-corrected chi connectivity index (χ3v) is 4.61. The van der Waals surface area contributed by atoms with E-state index in [9.17, 15) is 21.6 Å². The first-order valence-corrected chi connectivity index (χ1v) is 8.67. The monoisotopic (exact) mass is 341 g/mol. The van der Waals surface area contributed by atoms with Gasteiger partial charge in [-0.25, -0.2) is 16.8 Å². The Balaban J connectivity index is 3.00. The maximum absolute atomic E-state index is 11.8. The smallest absolute Gasteiger partial charge is 0.255 e. The van der Waals surface area contributed by atoms with E-state index in [0.29, 0.717) is 16.9 Å². The van der Waals surface area contributed by atoms with Crippen LogP contribution in [0.2, 0.25) is 0 Å². The molecule has 1 aromatic rings. The van der Waals surface area contributed by atoms with Crippen molar-refractivity contribution in [3.05, 3.63) is 47.2 Å². The van der Waals surface area contributed by atoms with Gasteiger partial charge in [-0.05, 0) is 24.3 Å². The number of amides is 1. The number of allylic oxidation sites excluding steroid dienone is 1. The molecule has 0 spiro atoms. The standard InChI is InChI=1S/C12H11N3O5S2/c13-7-1-8-22(19,20)15-10-2-4-11(5-3-10)21(17,18)9-6-12(14)16/h1-6,8-9,15H,(H2,14,16)/b8-1+,9-6+. The molecule has 0 fully saturated rings. The molecule has 0 radical (unpaired) electrons. The van der Waals surface area contributed by atoms with Gasteiger partial charge in [-0.2, -0.15) is 5.26 Å². The maximum Gasteiger partial charge on any atom is 0.255 e. The van der Waals surface area contributed by atoms with Crippen molar-refractivity contribution in [3.63, 3.8) is 0 Å². The van der Waals surface area contributed by atoms with Gasteiger partial charge in [-0.1, -0.05) is 0 Å². The van der Waals surface area contributed by atoms with E-state index in [-0.39, 0.29) is 10.6 Å². The molecule has 0 saturated heterocycles. The van der Waals surface area contributed by atoms with E-state index in [1.54, 1.807) is 0 Å². The van der Waals surface area contributed by atoms with Crippen LogP contribution in [-0.4, -0.2) is 22.7 Å². The fraction of sp³-hybridized carbons (Fsp3) is 0. The third-order valence-electron chi connectivity index (χ3n) is 2.18. The number of anilines is 1. The normalized spacial score (nSPS) is 12.3. The molecule has 0 aliphatic heterocycles. The van der Waals surface area contributed by atoms with Gasteiger partial charge in [0.05, 0.1) is 16.4 Å². The van der Waals surface area contributed by atoms with Gasteiger partial charge in [0.1, 0.15) is 0 Å². The zero-order valence-electron chi connectivity index (χ0n) is 11.0. The summed E-state index contributed by atoms with van der Waals surface area (Å²) < 4.78 is 48.7. The van der Waals surface area contributed by atoms with Crippen molar-refractivity contribution in [1.29, 1.82) is 5.26 Å². The molecule has 0 atom stereocenters. The predicted molar refractivity (Wildman–Crippen MR) is 79.3 cm³/mol. The lowest BCUT2D eigenvalue weighted by Crippen LogP contribution is -2.09. The second-order valence-electron chi connectivity index (χ2n) is 3.85. The minimum atomic E-state index is -3.85. The number of nitrogens with zero attached hydrogens (tertiary/aromatic N) is 1. The van der Waals surface area contributed by atoms with Crippen molar-refractivity contribution in [2.45, 2.75) is 4.90 Å². The summed E-state index contributed by atoms with van der Waals surface area (Å²) in [5.74, 6) is -0.905. The summed E-state index contributed by atoms with van der Waals surface area (Å²) in [6.07, 6.45) is 1.49. The Morgan fingerprint density at radius 1 is 1.14 bits per heavy atom. The molecular weight excluding hydrogens is 330 g/mol. The number of carbonyl (C=O) groups is 1. The van der Waals surface area contributed by atoms with E-state index in [0.717, 1.165) is 18.2 Å². The van der Waals surface area contributed by atoms with Crippen molar-refractivity contribution in [2.75, 3.05) is 4.72 Å². The largest absolute Gasteiger partial charge is 0.366 e. The van der Waals surface area contributed by atoms with E-state index in [1.165, 1.54) is 18.2 Å². The van der Waals surface area contributed by atoms with Crippen molar-refractivity contribution < 1.29 is 21.6 Å². The highest BCUT2D eigenvalue weighted by Crippen LogP contribution is 2.17. The number of nitrogens with one attached hydrogen (secondary N) is 1. The minimum absolute atomic E-state index is 0.112. The lowest BCUT2D eigenvalue weighted by Gasteiger charge is -2.05. The van der Waals surface area contributed by atoms with E-state index in [4.69, 9.17) is 11.0 Å². The average Bonchev–Trinajstić information content (AvgIpc) is 2.43. The average molecular weight is 341 g/mol. The topological polar surface area (TPSA) is 147 Å². The molecule has 22 heavy (non-hydrogen) atoms. The summed E-state index contributed by atoms with van der Waals surface area (Å²) in [5, 5.41) is 9.61. The molecule has 0 aromatic heterocycles. The van der Waals surface area contributed by atoms with Gasteiger partial charge >= 0.3 is 0 Å². The lowest BCUT2D eigenvalue weighted by atomic mass is 10.3. The molecule has 0 aliphatic carbocycles. The number of sulfone groups is 1. The van der Waals surface area contributed by atoms with Crippen LogP contribution in [0.4, 0.5) is 5.69 Å². The fourth-order valence-corrected chi connectivity index (χ4v) is 3.02. The van der Waals surface area contributed by atoms with Gasteiger partial charge in [0.2, 0.25) is 5.91 Å². The number of benzene rings is 1. The third kappa shape index (κ3) is 5.39. The van der Waals surface area contributed by atoms with Crippen LogP contribution in [0, 0.1) is 11.3 Å². The summed E-state index contributed by atoms with van der Waals surface area (Å²) in [7, 11) is -7.69. The zero-order chi connectivity index (χ0) is 16.8. The summed E-state index contributed by atoms with van der Waals surface area (Å²) in [5.41, 5.74) is 4.93. The number of carbonyl (C=O) groups excluding carboxylic acids is 1. The van der Waals surface area contributed by atoms with E-state index >= 15 is 0 Å². The highest BCUT2D eigenvalue weighted by atomic mass is 32.2. The van der Waals surface area contributed by atoms with E-state index < -0.39 is 25.8 Å². The first-order valence-electron chi connectivity index (χ1n) is 5.58. The predicted octanol–water partition coefficient (Wildman–Crippen LogP) is 0.238. The van der Waals surface area contributed by atoms with Crippen LogP contribution in [0.3, 0.4) is 0 Å². The van der Waals surface area contributed by atoms with Crippen LogP contribution in [0.5, 0.6) is 0 Å². The molecule has 1 amide bonds. The molecule has 3 N–H and O–H groups in total. The molecule has 0 saturated carbocycles. The van der Waals surface area contributed by atoms with Crippen LogP contribution in [0.25, 0.3) is 0 Å². The van der Waals surface area contributed by atoms with Crippen LogP contribution < -0.4 is 10.5 Å². The number of nitrogens with two attached hydrogens (primary N) is 1. The second kappa shape index (κ2) is 6.88. The maximum atomic E-state index is 11.8. The van der Waals surface area contributed by atoms with Gasteiger partial charge in [0.15, 0.2) is 9.84 Å². The second-order valence-corrected chi connectivity index (χ2v) is 7.25. The van der Waals surface area contributed by atoms with Crippen LogP contribution in [0.1, 0.15) is 0 Å².